The minimum Gasteiger partial charge on any atom is -0.477 e. The van der Waals surface area contributed by atoms with E-state index in [1.807, 2.05) is 5.09 Å². The van der Waals surface area contributed by atoms with Crippen LogP contribution in [0.5, 0.6) is 0 Å². The van der Waals surface area contributed by atoms with Crippen LogP contribution < -0.4 is 10.4 Å². The van der Waals surface area contributed by atoms with Crippen LogP contribution in [0.3, 0.4) is 0 Å². The van der Waals surface area contributed by atoms with Gasteiger partial charge in [-0.2, -0.15) is 0 Å². The topological polar surface area (TPSA) is 195 Å². The zero-order valence-electron chi connectivity index (χ0n) is 18.6. The van der Waals surface area contributed by atoms with Crippen LogP contribution >= 0.6 is 19.5 Å². The van der Waals surface area contributed by atoms with Gasteiger partial charge in [0.1, 0.15) is 30.8 Å². The molecule has 17 heteroatoms. The summed E-state index contributed by atoms with van der Waals surface area (Å²) in [6.45, 7) is -0.509. The number of carboxylic acid groups (broad SMARTS) is 1. The van der Waals surface area contributed by atoms with Crippen molar-refractivity contribution in [2.75, 3.05) is 33.7 Å². The Bertz CT molecular complexity index is 1110. The van der Waals surface area contributed by atoms with E-state index in [1.165, 1.54) is 25.5 Å². The van der Waals surface area contributed by atoms with Crippen LogP contribution in [0.25, 0.3) is 0 Å². The molecular weight excluding hydrogens is 511 g/mol. The number of oxime groups is 1. The monoisotopic (exact) mass is 532 g/mol. The summed E-state index contributed by atoms with van der Waals surface area (Å²) in [5, 5.41) is 17.0. The molecule has 35 heavy (non-hydrogen) atoms. The molecule has 190 valence electrons. The average molecular weight is 532 g/mol. The van der Waals surface area contributed by atoms with E-state index in [9.17, 15) is 28.8 Å². The molecule has 15 nitrogen and oxygen atoms in total. The van der Waals surface area contributed by atoms with Gasteiger partial charge in [-0.15, -0.1) is 11.8 Å². The number of nitrogens with one attached hydrogen (secondary N) is 2. The number of rotatable bonds is 10. The fourth-order valence-electron chi connectivity index (χ4n) is 3.17. The number of hydrogen-bond donors (Lipinski definition) is 3. The number of furan rings is 1. The predicted molar refractivity (Wildman–Crippen MR) is 118 cm³/mol. The van der Waals surface area contributed by atoms with Crippen LogP contribution in [-0.2, 0) is 37.6 Å². The highest BCUT2D eigenvalue weighted by atomic mass is 32.2. The maximum atomic E-state index is 12.8. The summed E-state index contributed by atoms with van der Waals surface area (Å²) in [5.74, 6) is -2.69. The van der Waals surface area contributed by atoms with Gasteiger partial charge in [-0.05, 0) is 12.1 Å². The Morgan fingerprint density at radius 3 is 2.60 bits per heavy atom. The SMILES string of the molecule is CO/N=C(\C(=O)N[C@@H]1C(=O)N2C(C(=O)O)=C(COC(=O)NP(=O)(OC)OC)CS[C@H]12)c1ccco1. The molecule has 1 aromatic heterocycles. The molecule has 1 aromatic rings. The Labute approximate surface area is 202 Å². The van der Waals surface area contributed by atoms with Gasteiger partial charge in [0.15, 0.2) is 5.76 Å². The summed E-state index contributed by atoms with van der Waals surface area (Å²) in [5.41, 5.74) is -0.465. The van der Waals surface area contributed by atoms with E-state index in [0.717, 1.165) is 30.9 Å². The minimum atomic E-state index is -3.91. The highest BCUT2D eigenvalue weighted by molar-refractivity contribution is 8.00. The Morgan fingerprint density at radius 2 is 2.03 bits per heavy atom. The van der Waals surface area contributed by atoms with Crippen molar-refractivity contribution < 1.29 is 51.9 Å². The Morgan fingerprint density at radius 1 is 1.31 bits per heavy atom. The number of fused-ring (bicyclic) bond motifs is 1. The van der Waals surface area contributed by atoms with Crippen molar-refractivity contribution in [2.24, 2.45) is 5.16 Å². The van der Waals surface area contributed by atoms with Gasteiger partial charge in [0.2, 0.25) is 5.71 Å². The number of thioether (sulfide) groups is 1. The maximum Gasteiger partial charge on any atom is 0.437 e. The van der Waals surface area contributed by atoms with Crippen LogP contribution in [0.1, 0.15) is 5.76 Å². The lowest BCUT2D eigenvalue weighted by molar-refractivity contribution is -0.150. The summed E-state index contributed by atoms with van der Waals surface area (Å²) < 4.78 is 31.2. The molecule has 1 saturated heterocycles. The molecule has 2 aliphatic rings. The van der Waals surface area contributed by atoms with E-state index in [4.69, 9.17) is 9.15 Å². The van der Waals surface area contributed by atoms with E-state index < -0.39 is 49.6 Å². The third-order valence-electron chi connectivity index (χ3n) is 4.78. The number of hydrogen-bond acceptors (Lipinski definition) is 12. The molecule has 0 radical (unpaired) electrons. The predicted octanol–water partition coefficient (Wildman–Crippen LogP) is 0.496. The normalized spacial score (nSPS) is 20.0. The summed E-state index contributed by atoms with van der Waals surface area (Å²) in [6.07, 6.45) is 0.155. The van der Waals surface area contributed by atoms with Gasteiger partial charge in [0.25, 0.3) is 11.8 Å². The number of aliphatic carboxylic acids is 1. The van der Waals surface area contributed by atoms with Crippen LogP contribution in [0.2, 0.25) is 0 Å². The standard InChI is InChI=1S/C18H21N4O11PS/c1-29-20-11(10-5-4-6-32-10)14(23)19-12-15(24)22-13(17(25)26)9(8-35-16(12)22)7-33-18(27)21-34(28,30-2)31-3/h4-6,12,16H,7-8H2,1-3H3,(H,19,23)(H,25,26)(H,21,27,28)/b20-11-/t12-,16-/m1/s1. The number of carboxylic acids is 1. The van der Waals surface area contributed by atoms with Gasteiger partial charge in [-0.1, -0.05) is 5.16 Å². The second kappa shape index (κ2) is 10.9. The Kier molecular flexibility index (Phi) is 8.22. The van der Waals surface area contributed by atoms with E-state index in [2.05, 4.69) is 24.4 Å². The molecule has 3 rings (SSSR count). The molecule has 0 aliphatic carbocycles. The highest BCUT2D eigenvalue weighted by Gasteiger charge is 2.54. The van der Waals surface area contributed by atoms with Gasteiger partial charge in [-0.3, -0.25) is 23.5 Å². The number of β-lactam (4-membered cyclic amide) rings is 1. The van der Waals surface area contributed by atoms with Crippen LogP contribution in [0, 0.1) is 0 Å². The minimum absolute atomic E-state index is 0.0686. The largest absolute Gasteiger partial charge is 0.477 e. The number of nitrogens with zero attached hydrogens (tertiary/aromatic N) is 2. The number of carbonyl (C=O) groups excluding carboxylic acids is 3. The van der Waals surface area contributed by atoms with E-state index in [0.29, 0.717) is 0 Å². The molecule has 3 amide bonds. The van der Waals surface area contributed by atoms with E-state index in [1.54, 1.807) is 0 Å². The molecule has 0 bridgehead atoms. The molecule has 0 spiro atoms. The van der Waals surface area contributed by atoms with Crippen LogP contribution in [0.15, 0.2) is 39.2 Å². The second-order valence-corrected chi connectivity index (χ2v) is 9.82. The first-order valence-corrected chi connectivity index (χ1v) is 12.3. The first kappa shape index (κ1) is 26.3. The molecule has 1 fully saturated rings. The lowest BCUT2D eigenvalue weighted by atomic mass is 10.0. The molecule has 0 unspecified atom stereocenters. The van der Waals surface area contributed by atoms with Gasteiger partial charge >= 0.3 is 19.8 Å². The van der Waals surface area contributed by atoms with E-state index in [-0.39, 0.29) is 28.5 Å². The van der Waals surface area contributed by atoms with Crippen LogP contribution in [-0.4, -0.2) is 84.7 Å². The fourth-order valence-corrected chi connectivity index (χ4v) is 5.12. The number of carbonyl (C=O) groups is 4. The van der Waals surface area contributed by atoms with Gasteiger partial charge < -0.3 is 24.4 Å². The third kappa shape index (κ3) is 5.51. The van der Waals surface area contributed by atoms with Crippen molar-refractivity contribution in [3.05, 3.63) is 35.4 Å². The Balaban J connectivity index is 1.70. The number of ether oxygens (including phenoxy) is 1. The Hall–Kier alpha value is -3.33. The zero-order chi connectivity index (χ0) is 25.8. The molecular formula is C18H21N4O11PS. The lowest BCUT2D eigenvalue weighted by Gasteiger charge is -2.49. The van der Waals surface area contributed by atoms with Crippen molar-refractivity contribution in [1.82, 2.24) is 15.3 Å². The zero-order valence-corrected chi connectivity index (χ0v) is 20.3. The summed E-state index contributed by atoms with van der Waals surface area (Å²) in [4.78, 5) is 54.9. The molecule has 2 aliphatic heterocycles. The third-order valence-corrected chi connectivity index (χ3v) is 7.53. The smallest absolute Gasteiger partial charge is 0.437 e. The summed E-state index contributed by atoms with van der Waals surface area (Å²) in [6, 6.07) is 1.98. The first-order valence-electron chi connectivity index (χ1n) is 9.68. The maximum absolute atomic E-state index is 12.8. The summed E-state index contributed by atoms with van der Waals surface area (Å²) in [7, 11) is -0.566. The van der Waals surface area contributed by atoms with E-state index >= 15 is 0 Å². The molecule has 2 atom stereocenters. The molecule has 0 aromatic carbocycles. The first-order chi connectivity index (χ1) is 16.7. The molecule has 3 N–H and O–H groups in total. The second-order valence-electron chi connectivity index (χ2n) is 6.77. The average Bonchev–Trinajstić information content (AvgIpc) is 3.38. The van der Waals surface area contributed by atoms with Gasteiger partial charge in [0, 0.05) is 25.5 Å². The number of amides is 3. The van der Waals surface area contributed by atoms with Crippen LogP contribution in [0.4, 0.5) is 4.79 Å². The van der Waals surface area contributed by atoms with Crippen molar-refractivity contribution in [2.45, 2.75) is 11.4 Å². The fraction of sp³-hybridized carbons (Fsp3) is 0.389. The van der Waals surface area contributed by atoms with Crippen molar-refractivity contribution >= 4 is 49.1 Å². The molecule has 0 saturated carbocycles. The van der Waals surface area contributed by atoms with Crippen molar-refractivity contribution in [3.63, 3.8) is 0 Å². The lowest BCUT2D eigenvalue weighted by Crippen LogP contribution is -2.71. The van der Waals surface area contributed by atoms with Gasteiger partial charge in [0.05, 0.1) is 6.26 Å². The molecule has 3 heterocycles. The quantitative estimate of drug-likeness (QED) is 0.164. The summed E-state index contributed by atoms with van der Waals surface area (Å²) >= 11 is 1.15. The van der Waals surface area contributed by atoms with Crippen molar-refractivity contribution in [1.29, 1.82) is 0 Å². The highest BCUT2D eigenvalue weighted by Crippen LogP contribution is 2.42. The van der Waals surface area contributed by atoms with Crippen molar-refractivity contribution in [3.8, 4) is 0 Å². The van der Waals surface area contributed by atoms with Gasteiger partial charge in [-0.25, -0.2) is 19.2 Å².